The zero-order valence-electron chi connectivity index (χ0n) is 25.7. The molecule has 0 radical (unpaired) electrons. The summed E-state index contributed by atoms with van der Waals surface area (Å²) in [5.74, 6) is 1.21. The average molecular weight is 618 g/mol. The third-order valence-corrected chi connectivity index (χ3v) is 9.09. The number of carbonyl (C=O) groups is 1. The highest BCUT2D eigenvalue weighted by Gasteiger charge is 2.42. The van der Waals surface area contributed by atoms with E-state index in [1.54, 1.807) is 23.0 Å². The number of rotatable bonds is 9. The molecule has 0 bridgehead atoms. The van der Waals surface area contributed by atoms with Crippen molar-refractivity contribution in [1.29, 1.82) is 0 Å². The van der Waals surface area contributed by atoms with Crippen molar-refractivity contribution < 1.29 is 17.9 Å². The predicted octanol–water partition coefficient (Wildman–Crippen LogP) is 5.26. The van der Waals surface area contributed by atoms with Gasteiger partial charge in [0, 0.05) is 54.6 Å². The maximum absolute atomic E-state index is 13.0. The first-order valence-electron chi connectivity index (χ1n) is 14.5. The molecule has 3 heterocycles. The van der Waals surface area contributed by atoms with Gasteiger partial charge in [0.1, 0.15) is 11.6 Å². The molecule has 1 aliphatic heterocycles. The van der Waals surface area contributed by atoms with Gasteiger partial charge in [-0.3, -0.25) is 10.3 Å². The van der Waals surface area contributed by atoms with Crippen molar-refractivity contribution in [2.24, 2.45) is 0 Å². The minimum atomic E-state index is -3.53. The van der Waals surface area contributed by atoms with Crippen LogP contribution in [0.1, 0.15) is 51.4 Å². The maximum Gasteiger partial charge on any atom is 0.324 e. The maximum atomic E-state index is 13.0. The Bertz CT molecular complexity index is 1700. The minimum Gasteiger partial charge on any atom is -0.493 e. The van der Waals surface area contributed by atoms with Crippen LogP contribution in [0.25, 0.3) is 5.69 Å². The van der Waals surface area contributed by atoms with Gasteiger partial charge in [-0.05, 0) is 67.4 Å². The number of urea groups is 1. The molecule has 1 saturated heterocycles. The molecule has 5 rings (SSSR count). The third kappa shape index (κ3) is 7.44. The summed E-state index contributed by atoms with van der Waals surface area (Å²) in [6.45, 7) is 11.1. The number of benzene rings is 2. The van der Waals surface area contributed by atoms with E-state index in [4.69, 9.17) is 9.84 Å². The van der Waals surface area contributed by atoms with Crippen LogP contribution < -0.4 is 20.1 Å². The van der Waals surface area contributed by atoms with E-state index >= 15 is 0 Å². The van der Waals surface area contributed by atoms with Gasteiger partial charge in [-0.15, -0.1) is 0 Å². The van der Waals surface area contributed by atoms with Crippen LogP contribution >= 0.6 is 0 Å². The largest absolute Gasteiger partial charge is 0.493 e. The van der Waals surface area contributed by atoms with Gasteiger partial charge in [0.05, 0.1) is 18.0 Å². The van der Waals surface area contributed by atoms with Crippen molar-refractivity contribution in [2.75, 3.05) is 23.8 Å². The Balaban J connectivity index is 1.25. The zero-order valence-corrected chi connectivity index (χ0v) is 26.5. The Kier molecular flexibility index (Phi) is 8.78. The average Bonchev–Trinajstić information content (AvgIpc) is 3.49. The molecule has 0 atom stereocenters. The molecule has 0 saturated carbocycles. The lowest BCUT2D eigenvalue weighted by Gasteiger charge is -2.28. The molecule has 232 valence electrons. The summed E-state index contributed by atoms with van der Waals surface area (Å²) in [5, 5.41) is 10.6. The normalized spacial score (nSPS) is 16.0. The van der Waals surface area contributed by atoms with E-state index in [0.717, 1.165) is 28.9 Å². The van der Waals surface area contributed by atoms with Gasteiger partial charge in [-0.25, -0.2) is 14.2 Å². The number of aromatic nitrogens is 3. The number of ether oxygens (including phenoxy) is 1. The first-order chi connectivity index (χ1) is 20.8. The molecule has 1 fully saturated rings. The van der Waals surface area contributed by atoms with E-state index in [2.05, 4.69) is 41.1 Å². The third-order valence-electron chi connectivity index (χ3n) is 7.37. The quantitative estimate of drug-likeness (QED) is 0.235. The first kappa shape index (κ1) is 31.2. The van der Waals surface area contributed by atoms with Crippen LogP contribution in [-0.4, -0.2) is 52.2 Å². The Morgan fingerprint density at radius 3 is 2.36 bits per heavy atom. The van der Waals surface area contributed by atoms with E-state index in [9.17, 15) is 13.2 Å². The standard InChI is InChI=1S/C32H39N7O4S/c1-31(2,3)28-19-29(36-30(40)35-25-10-14-27(15-11-25)43-18-16-23-7-6-17-33-20-23)39(37-28)26-12-8-24(9-13-26)21-38-32(4,5)22-34-44(38,41)42/h6-15,17,19-20,34H,16,18,21-22H2,1-5H3,(H2,35,36,40). The molecule has 12 heteroatoms. The Hall–Kier alpha value is -4.26. The highest BCUT2D eigenvalue weighted by molar-refractivity contribution is 7.87. The summed E-state index contributed by atoms with van der Waals surface area (Å²) in [4.78, 5) is 17.2. The van der Waals surface area contributed by atoms with Crippen LogP contribution in [0.4, 0.5) is 16.3 Å². The SMILES string of the molecule is CC(C)(C)c1cc(NC(=O)Nc2ccc(OCCc3cccnc3)cc2)n(-c2ccc(CN3C(C)(C)CNS3(=O)=O)cc2)n1. The van der Waals surface area contributed by atoms with Crippen molar-refractivity contribution in [3.05, 3.63) is 95.9 Å². The van der Waals surface area contributed by atoms with Crippen molar-refractivity contribution >= 4 is 27.7 Å². The Morgan fingerprint density at radius 2 is 1.75 bits per heavy atom. The van der Waals surface area contributed by atoms with Gasteiger partial charge in [0.15, 0.2) is 0 Å². The molecule has 44 heavy (non-hydrogen) atoms. The second kappa shape index (κ2) is 12.4. The lowest BCUT2D eigenvalue weighted by Crippen LogP contribution is -2.41. The summed E-state index contributed by atoms with van der Waals surface area (Å²) in [6, 6.07) is 20.0. The van der Waals surface area contributed by atoms with E-state index in [0.29, 0.717) is 30.4 Å². The lowest BCUT2D eigenvalue weighted by atomic mass is 9.92. The van der Waals surface area contributed by atoms with Crippen molar-refractivity contribution in [3.63, 3.8) is 0 Å². The van der Waals surface area contributed by atoms with Crippen molar-refractivity contribution in [3.8, 4) is 11.4 Å². The molecule has 0 spiro atoms. The van der Waals surface area contributed by atoms with E-state index in [1.165, 1.54) is 4.31 Å². The van der Waals surface area contributed by atoms with Crippen LogP contribution in [0.3, 0.4) is 0 Å². The van der Waals surface area contributed by atoms with Gasteiger partial charge in [0.2, 0.25) is 0 Å². The lowest BCUT2D eigenvalue weighted by molar-refractivity contribution is 0.255. The number of hydrogen-bond donors (Lipinski definition) is 3. The van der Waals surface area contributed by atoms with Gasteiger partial charge in [-0.2, -0.15) is 17.8 Å². The first-order valence-corrected chi connectivity index (χ1v) is 15.9. The van der Waals surface area contributed by atoms with Crippen molar-refractivity contribution in [1.82, 2.24) is 23.8 Å². The molecular weight excluding hydrogens is 578 g/mol. The number of anilines is 2. The fourth-order valence-corrected chi connectivity index (χ4v) is 6.47. The summed E-state index contributed by atoms with van der Waals surface area (Å²) in [7, 11) is -3.53. The summed E-state index contributed by atoms with van der Waals surface area (Å²) in [6.07, 6.45) is 4.31. The number of carbonyl (C=O) groups excluding carboxylic acids is 1. The van der Waals surface area contributed by atoms with E-state index in [-0.39, 0.29) is 12.0 Å². The van der Waals surface area contributed by atoms with Crippen molar-refractivity contribution in [2.45, 2.75) is 58.5 Å². The number of nitrogens with one attached hydrogen (secondary N) is 3. The molecule has 1 aliphatic rings. The van der Waals surface area contributed by atoms with E-state index < -0.39 is 21.8 Å². The molecule has 11 nitrogen and oxygen atoms in total. The van der Waals surface area contributed by atoms with Crippen LogP contribution in [0.2, 0.25) is 0 Å². The molecule has 2 amide bonds. The van der Waals surface area contributed by atoms with Gasteiger partial charge in [0.25, 0.3) is 10.2 Å². The van der Waals surface area contributed by atoms with Gasteiger partial charge >= 0.3 is 6.03 Å². The van der Waals surface area contributed by atoms with Crippen LogP contribution in [-0.2, 0) is 28.6 Å². The Labute approximate surface area is 258 Å². The number of amides is 2. The summed E-state index contributed by atoms with van der Waals surface area (Å²) in [5.41, 5.74) is 3.31. The predicted molar refractivity (Wildman–Crippen MR) is 171 cm³/mol. The monoisotopic (exact) mass is 617 g/mol. The second-order valence-electron chi connectivity index (χ2n) is 12.5. The molecule has 0 unspecified atom stereocenters. The van der Waals surface area contributed by atoms with Crippen LogP contribution in [0.15, 0.2) is 79.1 Å². The topological polar surface area (TPSA) is 130 Å². The second-order valence-corrected chi connectivity index (χ2v) is 14.1. The van der Waals surface area contributed by atoms with Gasteiger partial charge in [-0.1, -0.05) is 39.0 Å². The number of nitrogens with zero attached hydrogens (tertiary/aromatic N) is 4. The fourth-order valence-electron chi connectivity index (χ4n) is 4.75. The van der Waals surface area contributed by atoms with Gasteiger partial charge < -0.3 is 10.1 Å². The number of hydrogen-bond acceptors (Lipinski definition) is 6. The van der Waals surface area contributed by atoms with Crippen LogP contribution in [0, 0.1) is 0 Å². The smallest absolute Gasteiger partial charge is 0.324 e. The minimum absolute atomic E-state index is 0.247. The van der Waals surface area contributed by atoms with Crippen LogP contribution in [0.5, 0.6) is 5.75 Å². The molecular formula is C32H39N7O4S. The molecule has 0 aliphatic carbocycles. The molecule has 4 aromatic rings. The molecule has 3 N–H and O–H groups in total. The molecule has 2 aromatic carbocycles. The Morgan fingerprint density at radius 1 is 1.02 bits per heavy atom. The number of pyridine rings is 1. The summed E-state index contributed by atoms with van der Waals surface area (Å²) >= 11 is 0. The molecule has 2 aromatic heterocycles. The summed E-state index contributed by atoms with van der Waals surface area (Å²) < 4.78 is 36.6. The fraction of sp³-hybridized carbons (Fsp3) is 0.344. The zero-order chi connectivity index (χ0) is 31.5. The highest BCUT2D eigenvalue weighted by Crippen LogP contribution is 2.29. The van der Waals surface area contributed by atoms with E-state index in [1.807, 2.05) is 74.6 Å². The highest BCUT2D eigenvalue weighted by atomic mass is 32.2.